The minimum atomic E-state index is -0.460. The van der Waals surface area contributed by atoms with Crippen molar-refractivity contribution >= 4 is 28.7 Å². The molecule has 7 heteroatoms. The summed E-state index contributed by atoms with van der Waals surface area (Å²) in [5.41, 5.74) is 3.50. The molecular weight excluding hydrogens is 384 g/mol. The van der Waals surface area contributed by atoms with Gasteiger partial charge in [-0.3, -0.25) is 10.1 Å². The van der Waals surface area contributed by atoms with Gasteiger partial charge < -0.3 is 0 Å². The predicted molar refractivity (Wildman–Crippen MR) is 113 cm³/mol. The smallest absolute Gasteiger partial charge is 0.258 e. The summed E-state index contributed by atoms with van der Waals surface area (Å²) in [6.45, 7) is 0. The predicted octanol–water partition coefficient (Wildman–Crippen LogP) is 5.57. The van der Waals surface area contributed by atoms with Gasteiger partial charge in [0.2, 0.25) is 0 Å². The van der Waals surface area contributed by atoms with Gasteiger partial charge in [0.25, 0.3) is 5.69 Å². The molecule has 0 radical (unpaired) electrons. The summed E-state index contributed by atoms with van der Waals surface area (Å²) in [4.78, 5) is 11.4. The third-order valence-electron chi connectivity index (χ3n) is 4.33. The molecule has 6 nitrogen and oxygen atoms in total. The molecule has 2 aromatic carbocycles. The highest BCUT2D eigenvalue weighted by Gasteiger charge is 2.14. The fourth-order valence-electron chi connectivity index (χ4n) is 2.91. The molecule has 0 aliphatic heterocycles. The van der Waals surface area contributed by atoms with Crippen LogP contribution in [0.1, 0.15) is 11.1 Å². The Balaban J connectivity index is 1.81. The van der Waals surface area contributed by atoms with Crippen LogP contribution < -0.4 is 0 Å². The first kappa shape index (κ1) is 18.3. The highest BCUT2D eigenvalue weighted by atomic mass is 32.1. The molecule has 0 aliphatic rings. The summed E-state index contributed by atoms with van der Waals surface area (Å²) in [5, 5.41) is 27.3. The van der Waals surface area contributed by atoms with Crippen molar-refractivity contribution in [3.8, 4) is 22.3 Å². The largest absolute Gasteiger partial charge is 0.269 e. The van der Waals surface area contributed by atoms with Gasteiger partial charge >= 0.3 is 0 Å². The average Bonchev–Trinajstić information content (AvgIpc) is 3.42. The number of benzene rings is 2. The number of hydrogen-bond acceptors (Lipinski definition) is 5. The Morgan fingerprint density at radius 2 is 1.86 bits per heavy atom. The van der Waals surface area contributed by atoms with Crippen LogP contribution in [0.5, 0.6) is 0 Å². The van der Waals surface area contributed by atoms with Crippen molar-refractivity contribution in [2.75, 3.05) is 0 Å². The third-order valence-corrected chi connectivity index (χ3v) is 5.20. The second-order valence-electron chi connectivity index (χ2n) is 6.16. The van der Waals surface area contributed by atoms with Crippen molar-refractivity contribution in [2.24, 2.45) is 0 Å². The summed E-state index contributed by atoms with van der Waals surface area (Å²) in [6, 6.07) is 21.8. The van der Waals surface area contributed by atoms with E-state index in [1.54, 1.807) is 34.2 Å². The molecule has 4 aromatic rings. The number of non-ortho nitro benzene ring substituents is 1. The molecule has 0 saturated carbocycles. The van der Waals surface area contributed by atoms with E-state index < -0.39 is 4.92 Å². The number of hydrogen-bond donors (Lipinski definition) is 0. The fraction of sp³-hybridized carbons (Fsp3) is 0. The Morgan fingerprint density at radius 1 is 1.10 bits per heavy atom. The summed E-state index contributed by atoms with van der Waals surface area (Å²) in [6.07, 6.45) is 3.65. The normalized spacial score (nSPS) is 11.2. The van der Waals surface area contributed by atoms with Crippen LogP contribution in [-0.4, -0.2) is 14.7 Å². The van der Waals surface area contributed by atoms with E-state index in [0.717, 1.165) is 21.8 Å². The molecule has 2 heterocycles. The van der Waals surface area contributed by atoms with Gasteiger partial charge in [0.15, 0.2) is 0 Å². The van der Waals surface area contributed by atoms with Crippen molar-refractivity contribution in [1.29, 1.82) is 5.26 Å². The van der Waals surface area contributed by atoms with Crippen molar-refractivity contribution in [3.05, 3.63) is 99.5 Å². The van der Waals surface area contributed by atoms with Crippen LogP contribution in [0.2, 0.25) is 0 Å². The molecule has 0 N–H and O–H groups in total. The van der Waals surface area contributed by atoms with E-state index in [-0.39, 0.29) is 5.69 Å². The Labute approximate surface area is 170 Å². The second kappa shape index (κ2) is 7.92. The van der Waals surface area contributed by atoms with Crippen LogP contribution in [0.4, 0.5) is 5.69 Å². The van der Waals surface area contributed by atoms with Gasteiger partial charge in [-0.1, -0.05) is 24.3 Å². The van der Waals surface area contributed by atoms with Crippen molar-refractivity contribution in [2.45, 2.75) is 0 Å². The number of rotatable bonds is 5. The first-order valence-corrected chi connectivity index (χ1v) is 9.59. The molecule has 4 rings (SSSR count). The Hall–Kier alpha value is -4.02. The number of nitriles is 1. The molecule has 29 heavy (non-hydrogen) atoms. The summed E-state index contributed by atoms with van der Waals surface area (Å²) >= 11 is 1.57. The number of aromatic nitrogens is 2. The highest BCUT2D eigenvalue weighted by molar-refractivity contribution is 7.13. The van der Waals surface area contributed by atoms with Crippen LogP contribution in [0, 0.1) is 21.4 Å². The third kappa shape index (κ3) is 3.83. The SMILES string of the molecule is N#CC(=Cc1cn(-c2ccccc2)nc1-c1cccs1)c1ccc([N+](=O)[O-])cc1. The fourth-order valence-corrected chi connectivity index (χ4v) is 3.64. The maximum Gasteiger partial charge on any atom is 0.269 e. The van der Waals surface area contributed by atoms with Crippen LogP contribution in [0.25, 0.3) is 27.9 Å². The molecule has 2 aromatic heterocycles. The second-order valence-corrected chi connectivity index (χ2v) is 7.11. The Morgan fingerprint density at radius 3 is 2.48 bits per heavy atom. The molecule has 0 fully saturated rings. The summed E-state index contributed by atoms with van der Waals surface area (Å²) < 4.78 is 1.78. The number of nitro groups is 1. The quantitative estimate of drug-likeness (QED) is 0.250. The molecule has 0 bridgehead atoms. The van der Waals surface area contributed by atoms with Gasteiger partial charge in [0, 0.05) is 23.9 Å². The monoisotopic (exact) mass is 398 g/mol. The lowest BCUT2D eigenvalue weighted by atomic mass is 10.0. The molecule has 140 valence electrons. The summed E-state index contributed by atoms with van der Waals surface area (Å²) in [7, 11) is 0. The number of para-hydroxylation sites is 1. The lowest BCUT2D eigenvalue weighted by Crippen LogP contribution is -1.93. The van der Waals surface area contributed by atoms with Crippen molar-refractivity contribution < 1.29 is 4.92 Å². The van der Waals surface area contributed by atoms with Crippen LogP contribution in [-0.2, 0) is 0 Å². The topological polar surface area (TPSA) is 84.8 Å². The van der Waals surface area contributed by atoms with Gasteiger partial charge in [-0.15, -0.1) is 11.3 Å². The van der Waals surface area contributed by atoms with E-state index in [0.29, 0.717) is 11.1 Å². The first-order chi connectivity index (χ1) is 14.2. The Kier molecular flexibility index (Phi) is 5.01. The number of nitro benzene ring substituents is 1. The van der Waals surface area contributed by atoms with E-state index in [4.69, 9.17) is 5.10 Å². The van der Waals surface area contributed by atoms with E-state index >= 15 is 0 Å². The lowest BCUT2D eigenvalue weighted by Gasteiger charge is -2.00. The number of allylic oxidation sites excluding steroid dienone is 1. The van der Waals surface area contributed by atoms with Crippen molar-refractivity contribution in [3.63, 3.8) is 0 Å². The molecule has 0 amide bonds. The van der Waals surface area contributed by atoms with E-state index in [2.05, 4.69) is 6.07 Å². The minimum absolute atomic E-state index is 0.0118. The van der Waals surface area contributed by atoms with E-state index in [1.165, 1.54) is 12.1 Å². The maximum absolute atomic E-state index is 10.9. The number of thiophene rings is 1. The van der Waals surface area contributed by atoms with Crippen molar-refractivity contribution in [1.82, 2.24) is 9.78 Å². The maximum atomic E-state index is 10.9. The highest BCUT2D eigenvalue weighted by Crippen LogP contribution is 2.31. The minimum Gasteiger partial charge on any atom is -0.258 e. The van der Waals surface area contributed by atoms with Gasteiger partial charge in [0.1, 0.15) is 5.69 Å². The average molecular weight is 398 g/mol. The van der Waals surface area contributed by atoms with Gasteiger partial charge in [-0.25, -0.2) is 4.68 Å². The zero-order valence-electron chi connectivity index (χ0n) is 15.1. The first-order valence-electron chi connectivity index (χ1n) is 8.71. The molecule has 0 atom stereocenters. The number of nitrogens with zero attached hydrogens (tertiary/aromatic N) is 4. The molecule has 0 unspecified atom stereocenters. The van der Waals surface area contributed by atoms with Gasteiger partial charge in [0.05, 0.1) is 27.1 Å². The van der Waals surface area contributed by atoms with E-state index in [9.17, 15) is 15.4 Å². The lowest BCUT2D eigenvalue weighted by molar-refractivity contribution is -0.384. The molecule has 0 aliphatic carbocycles. The van der Waals surface area contributed by atoms with Gasteiger partial charge in [-0.2, -0.15) is 10.4 Å². The van der Waals surface area contributed by atoms with E-state index in [1.807, 2.05) is 54.0 Å². The summed E-state index contributed by atoms with van der Waals surface area (Å²) in [5.74, 6) is 0. The standard InChI is InChI=1S/C22H14N4O2S/c23-14-17(16-8-10-20(11-9-16)26(27)28)13-18-15-25(19-5-2-1-3-6-19)24-22(18)21-7-4-12-29-21/h1-13,15H. The molecule has 0 saturated heterocycles. The van der Waals surface area contributed by atoms with Crippen LogP contribution >= 0.6 is 11.3 Å². The zero-order valence-corrected chi connectivity index (χ0v) is 15.9. The van der Waals surface area contributed by atoms with Gasteiger partial charge in [-0.05, 0) is 47.4 Å². The molecule has 0 spiro atoms. The van der Waals surface area contributed by atoms with Crippen LogP contribution in [0.3, 0.4) is 0 Å². The Bertz CT molecular complexity index is 1220. The zero-order chi connectivity index (χ0) is 20.2. The van der Waals surface area contributed by atoms with Crippen LogP contribution in [0.15, 0.2) is 78.3 Å². The molecular formula is C22H14N4O2S.